The van der Waals surface area contributed by atoms with Gasteiger partial charge in [-0.15, -0.1) is 0 Å². The number of rotatable bonds is 12. The lowest BCUT2D eigenvalue weighted by Gasteiger charge is -2.17. The molecule has 186 valence electrons. The first-order valence-electron chi connectivity index (χ1n) is 11.0. The summed E-state index contributed by atoms with van der Waals surface area (Å²) in [5.74, 6) is 2.32. The van der Waals surface area contributed by atoms with Gasteiger partial charge in [-0.3, -0.25) is 0 Å². The Labute approximate surface area is 199 Å². The predicted molar refractivity (Wildman–Crippen MR) is 127 cm³/mol. The number of aryl methyl sites for hydroxylation is 2. The predicted octanol–water partition coefficient (Wildman–Crippen LogP) is 6.66. The number of ether oxygens (including phenoxy) is 3. The maximum atomic E-state index is 13.1. The zero-order chi connectivity index (χ0) is 25.1. The molecule has 0 spiro atoms. The van der Waals surface area contributed by atoms with Gasteiger partial charge in [0.1, 0.15) is 31.0 Å². The van der Waals surface area contributed by atoms with Crippen molar-refractivity contribution < 1.29 is 32.2 Å². The maximum Gasteiger partial charge on any atom is 0.437 e. The Morgan fingerprint density at radius 2 is 1.65 bits per heavy atom. The van der Waals surface area contributed by atoms with Crippen LogP contribution in [0.15, 0.2) is 53.7 Å². The van der Waals surface area contributed by atoms with E-state index >= 15 is 0 Å². The SMILES string of the molecule is C/C=C/COc1cc(C)c(OCCC(C)COc2ccc(/C(=N/OC)C(F)(F)F)cc2)c(C)c1. The topological polar surface area (TPSA) is 49.3 Å². The largest absolute Gasteiger partial charge is 0.493 e. The van der Waals surface area contributed by atoms with Crippen molar-refractivity contribution in [2.45, 2.75) is 40.3 Å². The maximum absolute atomic E-state index is 13.1. The molecular formula is C26H32F3NO4. The smallest absolute Gasteiger partial charge is 0.437 e. The number of hydrogen-bond donors (Lipinski definition) is 0. The molecule has 2 aromatic rings. The van der Waals surface area contributed by atoms with Gasteiger partial charge in [-0.2, -0.15) is 13.2 Å². The van der Waals surface area contributed by atoms with Gasteiger partial charge < -0.3 is 19.0 Å². The van der Waals surface area contributed by atoms with Gasteiger partial charge in [-0.05, 0) is 80.6 Å². The average Bonchev–Trinajstić information content (AvgIpc) is 2.78. The second-order valence-corrected chi connectivity index (χ2v) is 7.96. The molecule has 5 nitrogen and oxygen atoms in total. The Bertz CT molecular complexity index is 946. The minimum Gasteiger partial charge on any atom is -0.493 e. The van der Waals surface area contributed by atoms with Crippen LogP contribution in [0, 0.1) is 19.8 Å². The van der Waals surface area contributed by atoms with E-state index in [1.165, 1.54) is 24.3 Å². The fraction of sp³-hybridized carbons (Fsp3) is 0.423. The number of alkyl halides is 3. The van der Waals surface area contributed by atoms with Crippen LogP contribution in [-0.4, -0.2) is 38.8 Å². The van der Waals surface area contributed by atoms with E-state index in [1.54, 1.807) is 0 Å². The summed E-state index contributed by atoms with van der Waals surface area (Å²) >= 11 is 0. The molecule has 0 saturated heterocycles. The third-order valence-corrected chi connectivity index (χ3v) is 4.99. The standard InChI is InChI=1S/C26H32F3NO4/c1-6-7-13-32-23-15-19(3)24(20(4)16-23)33-14-12-18(2)17-34-22-10-8-21(9-11-22)25(30-31-5)26(27,28)29/h6-11,15-16,18H,12-14,17H2,1-5H3/b7-6+,30-25-. The lowest BCUT2D eigenvalue weighted by atomic mass is 10.1. The van der Waals surface area contributed by atoms with E-state index in [1.807, 2.05) is 52.0 Å². The van der Waals surface area contributed by atoms with Gasteiger partial charge in [0, 0.05) is 5.56 Å². The molecule has 34 heavy (non-hydrogen) atoms. The molecule has 0 aliphatic rings. The van der Waals surface area contributed by atoms with Crippen LogP contribution in [0.3, 0.4) is 0 Å². The molecule has 0 N–H and O–H groups in total. The summed E-state index contributed by atoms with van der Waals surface area (Å²) in [5, 5.41) is 3.09. The first kappa shape index (κ1) is 27.1. The van der Waals surface area contributed by atoms with Crippen molar-refractivity contribution in [1.82, 2.24) is 0 Å². The van der Waals surface area contributed by atoms with E-state index in [-0.39, 0.29) is 11.5 Å². The van der Waals surface area contributed by atoms with Crippen LogP contribution in [0.2, 0.25) is 0 Å². The van der Waals surface area contributed by atoms with Gasteiger partial charge in [-0.25, -0.2) is 0 Å². The number of oxime groups is 1. The van der Waals surface area contributed by atoms with Crippen LogP contribution in [0.1, 0.15) is 37.0 Å². The third kappa shape index (κ3) is 8.32. The second-order valence-electron chi connectivity index (χ2n) is 7.96. The van der Waals surface area contributed by atoms with Crippen molar-refractivity contribution in [2.75, 3.05) is 26.9 Å². The Morgan fingerprint density at radius 3 is 2.21 bits per heavy atom. The first-order chi connectivity index (χ1) is 16.2. The second kappa shape index (κ2) is 12.9. The molecule has 0 aliphatic heterocycles. The van der Waals surface area contributed by atoms with Crippen LogP contribution in [0.4, 0.5) is 13.2 Å². The van der Waals surface area contributed by atoms with Crippen LogP contribution in [0.25, 0.3) is 0 Å². The molecular weight excluding hydrogens is 447 g/mol. The zero-order valence-corrected chi connectivity index (χ0v) is 20.2. The Hall–Kier alpha value is -3.16. The van der Waals surface area contributed by atoms with E-state index in [0.717, 1.165) is 36.2 Å². The quantitative estimate of drug-likeness (QED) is 0.194. The van der Waals surface area contributed by atoms with Crippen LogP contribution < -0.4 is 14.2 Å². The molecule has 0 amide bonds. The van der Waals surface area contributed by atoms with Gasteiger partial charge >= 0.3 is 6.18 Å². The highest BCUT2D eigenvalue weighted by atomic mass is 19.4. The molecule has 0 aliphatic carbocycles. The monoisotopic (exact) mass is 479 g/mol. The molecule has 0 bridgehead atoms. The lowest BCUT2D eigenvalue weighted by molar-refractivity contribution is -0.0608. The van der Waals surface area contributed by atoms with Crippen molar-refractivity contribution >= 4 is 5.71 Å². The number of hydrogen-bond acceptors (Lipinski definition) is 5. The van der Waals surface area contributed by atoms with E-state index in [0.29, 0.717) is 25.6 Å². The number of allylic oxidation sites excluding steroid dienone is 1. The van der Waals surface area contributed by atoms with Gasteiger partial charge in [0.2, 0.25) is 0 Å². The minimum absolute atomic E-state index is 0.0906. The fourth-order valence-electron chi connectivity index (χ4n) is 3.21. The van der Waals surface area contributed by atoms with Gasteiger partial charge in [-0.1, -0.05) is 24.2 Å². The summed E-state index contributed by atoms with van der Waals surface area (Å²) < 4.78 is 56.6. The molecule has 0 radical (unpaired) electrons. The van der Waals surface area contributed by atoms with Crippen molar-refractivity contribution in [3.05, 3.63) is 65.2 Å². The van der Waals surface area contributed by atoms with Crippen molar-refractivity contribution in [2.24, 2.45) is 11.1 Å². The normalized spacial score (nSPS) is 13.1. The van der Waals surface area contributed by atoms with Crippen LogP contribution >= 0.6 is 0 Å². The molecule has 0 heterocycles. The molecule has 0 aromatic heterocycles. The Kier molecular flexibility index (Phi) is 10.3. The van der Waals surface area contributed by atoms with E-state index in [4.69, 9.17) is 14.2 Å². The van der Waals surface area contributed by atoms with Crippen molar-refractivity contribution in [3.8, 4) is 17.2 Å². The Morgan fingerprint density at radius 1 is 1.00 bits per heavy atom. The third-order valence-electron chi connectivity index (χ3n) is 4.99. The average molecular weight is 480 g/mol. The summed E-state index contributed by atoms with van der Waals surface area (Å²) in [6, 6.07) is 9.52. The fourth-order valence-corrected chi connectivity index (χ4v) is 3.21. The number of halogens is 3. The molecule has 8 heteroatoms. The summed E-state index contributed by atoms with van der Waals surface area (Å²) in [5.41, 5.74) is 0.839. The highest BCUT2D eigenvalue weighted by molar-refractivity contribution is 6.04. The van der Waals surface area contributed by atoms with Gasteiger partial charge in [0.15, 0.2) is 5.71 Å². The lowest BCUT2D eigenvalue weighted by Crippen LogP contribution is -2.24. The summed E-state index contributed by atoms with van der Waals surface area (Å²) in [7, 11) is 1.08. The molecule has 2 rings (SSSR count). The summed E-state index contributed by atoms with van der Waals surface area (Å²) in [6.07, 6.45) is 0.0412. The Balaban J connectivity index is 1.84. The highest BCUT2D eigenvalue weighted by Gasteiger charge is 2.37. The number of nitrogens with zero attached hydrogens (tertiary/aromatic N) is 1. The van der Waals surface area contributed by atoms with Gasteiger partial charge in [0.05, 0.1) is 13.2 Å². The van der Waals surface area contributed by atoms with Crippen molar-refractivity contribution in [1.29, 1.82) is 0 Å². The molecule has 1 unspecified atom stereocenters. The van der Waals surface area contributed by atoms with Crippen molar-refractivity contribution in [3.63, 3.8) is 0 Å². The van der Waals surface area contributed by atoms with E-state index in [2.05, 4.69) is 9.99 Å². The molecule has 0 saturated carbocycles. The highest BCUT2D eigenvalue weighted by Crippen LogP contribution is 2.29. The summed E-state index contributed by atoms with van der Waals surface area (Å²) in [4.78, 5) is 4.32. The molecule has 1 atom stereocenters. The zero-order valence-electron chi connectivity index (χ0n) is 20.2. The van der Waals surface area contributed by atoms with Gasteiger partial charge in [0.25, 0.3) is 0 Å². The van der Waals surface area contributed by atoms with E-state index < -0.39 is 11.9 Å². The molecule has 2 aromatic carbocycles. The first-order valence-corrected chi connectivity index (χ1v) is 11.0. The minimum atomic E-state index is -4.61. The summed E-state index contributed by atoms with van der Waals surface area (Å²) in [6.45, 7) is 9.42. The molecule has 0 fully saturated rings. The van der Waals surface area contributed by atoms with Crippen LogP contribution in [0.5, 0.6) is 17.2 Å². The van der Waals surface area contributed by atoms with Crippen LogP contribution in [-0.2, 0) is 4.84 Å². The van der Waals surface area contributed by atoms with E-state index in [9.17, 15) is 13.2 Å². The number of benzene rings is 2.